The predicted octanol–water partition coefficient (Wildman–Crippen LogP) is 13.5. The average Bonchev–Trinajstić information content (AvgIpc) is 3.80. The monoisotopic (exact) mass is 692 g/mol. The predicted molar refractivity (Wildman–Crippen MR) is 225 cm³/mol. The van der Waals surface area contributed by atoms with Crippen molar-refractivity contribution in [3.8, 4) is 27.9 Å². The van der Waals surface area contributed by atoms with Crippen LogP contribution >= 0.6 is 0 Å². The van der Waals surface area contributed by atoms with Crippen LogP contribution in [0.15, 0.2) is 192 Å². The summed E-state index contributed by atoms with van der Waals surface area (Å²) in [7, 11) is 0. The van der Waals surface area contributed by atoms with Crippen molar-refractivity contribution in [1.29, 1.82) is 0 Å². The first-order valence-corrected chi connectivity index (χ1v) is 18.8. The second-order valence-electron chi connectivity index (χ2n) is 14.5. The van der Waals surface area contributed by atoms with Gasteiger partial charge in [-0.2, -0.15) is 0 Å². The van der Waals surface area contributed by atoms with Gasteiger partial charge in [0.1, 0.15) is 11.2 Å². The average molecular weight is 693 g/mol. The molecule has 0 saturated carbocycles. The van der Waals surface area contributed by atoms with Crippen molar-refractivity contribution in [3.05, 3.63) is 199 Å². The van der Waals surface area contributed by atoms with E-state index in [2.05, 4.69) is 191 Å². The third-order valence-corrected chi connectivity index (χ3v) is 11.4. The molecule has 3 nitrogen and oxygen atoms in total. The largest absolute Gasteiger partial charge is 0.455 e. The Labute approximate surface area is 314 Å². The van der Waals surface area contributed by atoms with Crippen molar-refractivity contribution in [3.63, 3.8) is 0 Å². The van der Waals surface area contributed by atoms with Crippen molar-refractivity contribution in [2.75, 3.05) is 11.4 Å². The van der Waals surface area contributed by atoms with Gasteiger partial charge in [0.15, 0.2) is 0 Å². The summed E-state index contributed by atoms with van der Waals surface area (Å²) in [6.07, 6.45) is 1.02. The van der Waals surface area contributed by atoms with Gasteiger partial charge in [-0.1, -0.05) is 127 Å². The molecule has 0 fully saturated rings. The van der Waals surface area contributed by atoms with Crippen molar-refractivity contribution >= 4 is 55.1 Å². The number of nitrogens with zero attached hydrogens (tertiary/aromatic N) is 2. The van der Waals surface area contributed by atoms with E-state index < -0.39 is 0 Å². The Hall–Kier alpha value is -6.84. The summed E-state index contributed by atoms with van der Waals surface area (Å²) >= 11 is 0. The van der Waals surface area contributed by atoms with Gasteiger partial charge in [-0.15, -0.1) is 0 Å². The Balaban J connectivity index is 0.980. The number of para-hydroxylation sites is 2. The molecule has 1 atom stereocenters. The van der Waals surface area contributed by atoms with E-state index in [1.807, 2.05) is 6.07 Å². The molecule has 8 aromatic carbocycles. The zero-order valence-corrected chi connectivity index (χ0v) is 29.7. The molecule has 1 unspecified atom stereocenters. The maximum absolute atomic E-state index is 6.54. The minimum absolute atomic E-state index is 0.396. The number of fused-ring (bicyclic) bond motifs is 8. The van der Waals surface area contributed by atoms with Crippen LogP contribution in [-0.2, 0) is 6.42 Å². The molecule has 1 aliphatic heterocycles. The first-order chi connectivity index (χ1) is 26.8. The standard InChI is InChI=1S/C51H36N2O/c1-3-12-34(13-4-1)38-24-28-46-39(30-38)31-40(35-14-5-2-6-15-35)33-52(46)41-25-22-36(23-26-41)37-16-11-17-42(32-37)53-47-20-9-7-19-45(47)50-48(53)29-27-44-43-18-8-10-21-49(43)54-51(44)50/h1-30,32,40H,31,33H2. The van der Waals surface area contributed by atoms with Gasteiger partial charge < -0.3 is 13.9 Å². The zero-order chi connectivity index (χ0) is 35.6. The van der Waals surface area contributed by atoms with Crippen LogP contribution in [-0.4, -0.2) is 11.1 Å². The smallest absolute Gasteiger partial charge is 0.145 e. The summed E-state index contributed by atoms with van der Waals surface area (Å²) in [6.45, 7) is 0.933. The third kappa shape index (κ3) is 4.97. The van der Waals surface area contributed by atoms with Crippen molar-refractivity contribution in [2.24, 2.45) is 0 Å². The van der Waals surface area contributed by atoms with Gasteiger partial charge in [0.2, 0.25) is 0 Å². The fourth-order valence-corrected chi connectivity index (χ4v) is 8.84. The van der Waals surface area contributed by atoms with Gasteiger partial charge in [-0.05, 0) is 100 Å². The van der Waals surface area contributed by atoms with Crippen LogP contribution in [0.2, 0.25) is 0 Å². The van der Waals surface area contributed by atoms with Crippen LogP contribution in [0.3, 0.4) is 0 Å². The number of benzene rings is 8. The molecule has 3 heterocycles. The number of aromatic nitrogens is 1. The molecule has 0 radical (unpaired) electrons. The van der Waals surface area contributed by atoms with Gasteiger partial charge >= 0.3 is 0 Å². The highest BCUT2D eigenvalue weighted by Crippen LogP contribution is 2.43. The zero-order valence-electron chi connectivity index (χ0n) is 29.7. The van der Waals surface area contributed by atoms with Gasteiger partial charge in [-0.3, -0.25) is 0 Å². The van der Waals surface area contributed by atoms with E-state index in [4.69, 9.17) is 4.42 Å². The lowest BCUT2D eigenvalue weighted by Gasteiger charge is -2.37. The second kappa shape index (κ2) is 12.4. The highest BCUT2D eigenvalue weighted by Gasteiger charge is 2.27. The fourth-order valence-electron chi connectivity index (χ4n) is 8.84. The molecule has 10 aromatic rings. The number of rotatable bonds is 5. The van der Waals surface area contributed by atoms with Crippen molar-refractivity contribution in [2.45, 2.75) is 12.3 Å². The van der Waals surface area contributed by atoms with Crippen molar-refractivity contribution in [1.82, 2.24) is 4.57 Å². The molecule has 256 valence electrons. The normalized spacial score (nSPS) is 14.3. The van der Waals surface area contributed by atoms with Crippen molar-refractivity contribution < 1.29 is 4.42 Å². The van der Waals surface area contributed by atoms with Gasteiger partial charge in [0.05, 0.1) is 16.4 Å². The Bertz CT molecular complexity index is 2990. The van der Waals surface area contributed by atoms with E-state index in [1.165, 1.54) is 55.7 Å². The Morgan fingerprint density at radius 2 is 1.15 bits per heavy atom. The Morgan fingerprint density at radius 3 is 2.00 bits per heavy atom. The number of hydrogen-bond donors (Lipinski definition) is 0. The van der Waals surface area contributed by atoms with Gasteiger partial charge in [-0.25, -0.2) is 0 Å². The maximum atomic E-state index is 6.54. The quantitative estimate of drug-likeness (QED) is 0.179. The van der Waals surface area contributed by atoms with E-state index in [0.29, 0.717) is 5.92 Å². The summed E-state index contributed by atoms with van der Waals surface area (Å²) in [5, 5.41) is 4.65. The summed E-state index contributed by atoms with van der Waals surface area (Å²) in [4.78, 5) is 2.52. The molecular formula is C51H36N2O. The van der Waals surface area contributed by atoms with E-state index in [-0.39, 0.29) is 0 Å². The second-order valence-corrected chi connectivity index (χ2v) is 14.5. The van der Waals surface area contributed by atoms with Gasteiger partial charge in [0.25, 0.3) is 0 Å². The number of hydrogen-bond acceptors (Lipinski definition) is 2. The minimum Gasteiger partial charge on any atom is -0.455 e. The molecule has 0 amide bonds. The molecule has 0 spiro atoms. The Morgan fingerprint density at radius 1 is 0.463 bits per heavy atom. The molecule has 2 aromatic heterocycles. The fraction of sp³-hybridized carbons (Fsp3) is 0.0588. The summed E-state index contributed by atoms with van der Waals surface area (Å²) in [5.41, 5.74) is 15.5. The molecule has 3 heteroatoms. The minimum atomic E-state index is 0.396. The maximum Gasteiger partial charge on any atom is 0.145 e. The van der Waals surface area contributed by atoms with E-state index in [9.17, 15) is 0 Å². The molecule has 0 aliphatic carbocycles. The molecule has 1 aliphatic rings. The lowest BCUT2D eigenvalue weighted by molar-refractivity contribution is 0.653. The van der Waals surface area contributed by atoms with Crippen LogP contribution in [0.5, 0.6) is 0 Å². The van der Waals surface area contributed by atoms with Crippen LogP contribution in [0.4, 0.5) is 11.4 Å². The van der Waals surface area contributed by atoms with Crippen LogP contribution in [0.25, 0.3) is 71.7 Å². The molecule has 11 rings (SSSR count). The molecule has 0 bridgehead atoms. The first kappa shape index (κ1) is 30.8. The SMILES string of the molecule is c1ccc(-c2ccc3c(c2)CC(c2ccccc2)CN3c2ccc(-c3cccc(-n4c5ccccc5c5c6oc7ccccc7c6ccc54)c3)cc2)cc1. The molecule has 0 N–H and O–H groups in total. The van der Waals surface area contributed by atoms with Crippen LogP contribution < -0.4 is 4.90 Å². The number of furan rings is 1. The van der Waals surface area contributed by atoms with E-state index in [1.54, 1.807) is 0 Å². The highest BCUT2D eigenvalue weighted by atomic mass is 16.3. The Kier molecular flexibility index (Phi) is 7.06. The molecular weight excluding hydrogens is 657 g/mol. The molecule has 0 saturated heterocycles. The first-order valence-electron chi connectivity index (χ1n) is 18.8. The summed E-state index contributed by atoms with van der Waals surface area (Å²) < 4.78 is 8.92. The highest BCUT2D eigenvalue weighted by molar-refractivity contribution is 6.23. The summed E-state index contributed by atoms with van der Waals surface area (Å²) in [6, 6.07) is 68.3. The molecule has 54 heavy (non-hydrogen) atoms. The topological polar surface area (TPSA) is 21.3 Å². The lowest BCUT2D eigenvalue weighted by Crippen LogP contribution is -2.30. The van der Waals surface area contributed by atoms with E-state index >= 15 is 0 Å². The summed E-state index contributed by atoms with van der Waals surface area (Å²) in [5.74, 6) is 0.396. The third-order valence-electron chi connectivity index (χ3n) is 11.4. The lowest BCUT2D eigenvalue weighted by atomic mass is 9.85. The van der Waals surface area contributed by atoms with Crippen LogP contribution in [0, 0.1) is 0 Å². The van der Waals surface area contributed by atoms with E-state index in [0.717, 1.165) is 51.5 Å². The van der Waals surface area contributed by atoms with Crippen LogP contribution in [0.1, 0.15) is 17.0 Å². The number of anilines is 2. The van der Waals surface area contributed by atoms with Gasteiger partial charge in [0, 0.05) is 45.7 Å².